The van der Waals surface area contributed by atoms with Gasteiger partial charge in [0.2, 0.25) is 23.1 Å². The van der Waals surface area contributed by atoms with Crippen molar-refractivity contribution in [3.63, 3.8) is 0 Å². The zero-order chi connectivity index (χ0) is 26.0. The maximum absolute atomic E-state index is 13.9. The van der Waals surface area contributed by atoms with Gasteiger partial charge in [0.1, 0.15) is 5.75 Å². The van der Waals surface area contributed by atoms with Crippen LogP contribution in [0.15, 0.2) is 53.5 Å². The van der Waals surface area contributed by atoms with Crippen molar-refractivity contribution >= 4 is 23.0 Å². The van der Waals surface area contributed by atoms with E-state index in [0.717, 1.165) is 36.0 Å². The topological polar surface area (TPSA) is 82.1 Å². The number of benzene rings is 2. The summed E-state index contributed by atoms with van der Waals surface area (Å²) in [5.74, 6) is -0.523. The Hall–Kier alpha value is -3.87. The standard InChI is InChI=1S/C29H31NO6/c1-17-14-20(24-18(2)25(31)27(35-4)28(36-5)26(24)32)16-22(29(33)30-12-7-6-8-13-30)23(17)19-10-9-11-21(15-19)34-3/h9-11,14-16H,6-8,12-13H2,1-5H3. The number of carbonyl (C=O) groups is 3. The maximum atomic E-state index is 13.9. The first-order chi connectivity index (χ1) is 17.3. The van der Waals surface area contributed by atoms with E-state index in [9.17, 15) is 14.4 Å². The summed E-state index contributed by atoms with van der Waals surface area (Å²) in [5.41, 5.74) is 3.88. The van der Waals surface area contributed by atoms with Gasteiger partial charge in [0.05, 0.1) is 21.3 Å². The molecule has 0 aromatic heterocycles. The number of rotatable bonds is 6. The van der Waals surface area contributed by atoms with Crippen LogP contribution in [-0.2, 0) is 19.1 Å². The largest absolute Gasteiger partial charge is 0.497 e. The van der Waals surface area contributed by atoms with Gasteiger partial charge in [0, 0.05) is 29.8 Å². The highest BCUT2D eigenvalue weighted by molar-refractivity contribution is 6.38. The Morgan fingerprint density at radius 2 is 1.47 bits per heavy atom. The number of allylic oxidation sites excluding steroid dienone is 2. The number of amides is 1. The molecule has 0 bridgehead atoms. The van der Waals surface area contributed by atoms with Crippen LogP contribution in [0.2, 0.25) is 0 Å². The molecule has 1 aliphatic heterocycles. The van der Waals surface area contributed by atoms with Gasteiger partial charge >= 0.3 is 0 Å². The number of methoxy groups -OCH3 is 3. The van der Waals surface area contributed by atoms with Crippen LogP contribution in [0.4, 0.5) is 0 Å². The molecule has 0 unspecified atom stereocenters. The van der Waals surface area contributed by atoms with E-state index in [1.807, 2.05) is 42.2 Å². The molecule has 1 fully saturated rings. The Labute approximate surface area is 211 Å². The number of Topliss-reactive ketones (excluding diaryl/α,β-unsaturated/α-hetero) is 2. The Morgan fingerprint density at radius 1 is 0.806 bits per heavy atom. The van der Waals surface area contributed by atoms with Gasteiger partial charge in [-0.25, -0.2) is 0 Å². The monoisotopic (exact) mass is 489 g/mol. The van der Waals surface area contributed by atoms with Crippen LogP contribution in [0.1, 0.15) is 47.7 Å². The minimum absolute atomic E-state index is 0.0922. The zero-order valence-electron chi connectivity index (χ0n) is 21.4. The van der Waals surface area contributed by atoms with Gasteiger partial charge in [-0.15, -0.1) is 0 Å². The van der Waals surface area contributed by atoms with E-state index in [4.69, 9.17) is 14.2 Å². The molecule has 0 radical (unpaired) electrons. The fourth-order valence-corrected chi connectivity index (χ4v) is 5.02. The highest BCUT2D eigenvalue weighted by Gasteiger charge is 2.36. The quantitative estimate of drug-likeness (QED) is 0.546. The van der Waals surface area contributed by atoms with Crippen LogP contribution in [0.5, 0.6) is 5.75 Å². The number of carbonyl (C=O) groups excluding carboxylic acids is 3. The van der Waals surface area contributed by atoms with Crippen molar-refractivity contribution < 1.29 is 28.6 Å². The second-order valence-corrected chi connectivity index (χ2v) is 9.03. The Balaban J connectivity index is 1.93. The predicted molar refractivity (Wildman–Crippen MR) is 137 cm³/mol. The smallest absolute Gasteiger partial charge is 0.254 e. The van der Waals surface area contributed by atoms with Crippen molar-refractivity contribution in [2.45, 2.75) is 33.1 Å². The zero-order valence-corrected chi connectivity index (χ0v) is 21.4. The molecule has 1 amide bonds. The van der Waals surface area contributed by atoms with Crippen LogP contribution < -0.4 is 4.74 Å². The van der Waals surface area contributed by atoms with Crippen molar-refractivity contribution in [2.24, 2.45) is 0 Å². The molecular formula is C29H31NO6. The number of hydrogen-bond acceptors (Lipinski definition) is 6. The first kappa shape index (κ1) is 25.2. The number of ether oxygens (including phenoxy) is 3. The van der Waals surface area contributed by atoms with E-state index >= 15 is 0 Å². The minimum Gasteiger partial charge on any atom is -0.497 e. The van der Waals surface area contributed by atoms with Crippen molar-refractivity contribution in [3.05, 3.63) is 70.2 Å². The van der Waals surface area contributed by atoms with E-state index in [1.54, 1.807) is 20.1 Å². The van der Waals surface area contributed by atoms with Crippen molar-refractivity contribution in [1.29, 1.82) is 0 Å². The third kappa shape index (κ3) is 4.41. The lowest BCUT2D eigenvalue weighted by molar-refractivity contribution is -0.119. The van der Waals surface area contributed by atoms with E-state index in [2.05, 4.69) is 0 Å². The highest BCUT2D eigenvalue weighted by Crippen LogP contribution is 2.37. The van der Waals surface area contributed by atoms with Gasteiger partial charge in [0.15, 0.2) is 0 Å². The van der Waals surface area contributed by atoms with Crippen LogP contribution in [-0.4, -0.2) is 56.8 Å². The molecule has 0 atom stereocenters. The molecule has 188 valence electrons. The van der Waals surface area contributed by atoms with Crippen molar-refractivity contribution in [2.75, 3.05) is 34.4 Å². The number of ketones is 2. The summed E-state index contributed by atoms with van der Waals surface area (Å²) in [5, 5.41) is 0. The lowest BCUT2D eigenvalue weighted by atomic mass is 9.84. The van der Waals surface area contributed by atoms with Gasteiger partial charge < -0.3 is 19.1 Å². The van der Waals surface area contributed by atoms with Gasteiger partial charge in [0.25, 0.3) is 5.91 Å². The number of piperidine rings is 1. The van der Waals surface area contributed by atoms with Gasteiger partial charge in [-0.3, -0.25) is 14.4 Å². The number of nitrogens with zero attached hydrogens (tertiary/aromatic N) is 1. The van der Waals surface area contributed by atoms with Crippen LogP contribution in [0, 0.1) is 6.92 Å². The van der Waals surface area contributed by atoms with Crippen LogP contribution >= 0.6 is 0 Å². The molecule has 2 aromatic carbocycles. The fourth-order valence-electron chi connectivity index (χ4n) is 5.02. The molecule has 2 aromatic rings. The average molecular weight is 490 g/mol. The van der Waals surface area contributed by atoms with E-state index in [1.165, 1.54) is 14.2 Å². The number of aryl methyl sites for hydroxylation is 1. The molecule has 1 aliphatic carbocycles. The normalized spacial score (nSPS) is 16.4. The van der Waals surface area contributed by atoms with Crippen molar-refractivity contribution in [3.8, 4) is 16.9 Å². The molecule has 2 aliphatic rings. The molecule has 7 nitrogen and oxygen atoms in total. The Kier molecular flexibility index (Phi) is 7.29. The molecule has 1 saturated heterocycles. The van der Waals surface area contributed by atoms with E-state index in [-0.39, 0.29) is 28.6 Å². The summed E-state index contributed by atoms with van der Waals surface area (Å²) >= 11 is 0. The molecule has 1 heterocycles. The second kappa shape index (κ2) is 10.4. The summed E-state index contributed by atoms with van der Waals surface area (Å²) in [6.45, 7) is 4.88. The predicted octanol–water partition coefficient (Wildman–Crippen LogP) is 4.73. The Bertz CT molecular complexity index is 1300. The third-order valence-electron chi connectivity index (χ3n) is 6.83. The molecule has 0 spiro atoms. The SMILES string of the molecule is COC1=C(OC)C(=O)C(c2cc(C)c(-c3cccc(OC)c3)c(C(=O)N3CCCCC3)c2)=C(C)C1=O. The summed E-state index contributed by atoms with van der Waals surface area (Å²) in [6.07, 6.45) is 3.01. The maximum Gasteiger partial charge on any atom is 0.254 e. The second-order valence-electron chi connectivity index (χ2n) is 9.03. The summed E-state index contributed by atoms with van der Waals surface area (Å²) in [4.78, 5) is 42.2. The lowest BCUT2D eigenvalue weighted by Gasteiger charge is -2.29. The summed E-state index contributed by atoms with van der Waals surface area (Å²) < 4.78 is 15.9. The molecule has 0 saturated carbocycles. The summed E-state index contributed by atoms with van der Waals surface area (Å²) in [6, 6.07) is 11.1. The molecule has 0 N–H and O–H groups in total. The molecule has 7 heteroatoms. The first-order valence-electron chi connectivity index (χ1n) is 12.0. The lowest BCUT2D eigenvalue weighted by Crippen LogP contribution is -2.36. The Morgan fingerprint density at radius 3 is 2.11 bits per heavy atom. The molecular weight excluding hydrogens is 458 g/mol. The van der Waals surface area contributed by atoms with E-state index < -0.39 is 11.6 Å². The van der Waals surface area contributed by atoms with Gasteiger partial charge in [-0.1, -0.05) is 18.2 Å². The minimum atomic E-state index is -0.448. The van der Waals surface area contributed by atoms with Gasteiger partial charge in [-0.05, 0) is 73.6 Å². The fraction of sp³-hybridized carbons (Fsp3) is 0.345. The highest BCUT2D eigenvalue weighted by atomic mass is 16.5. The molecule has 4 rings (SSSR count). The number of likely N-dealkylation sites (tertiary alicyclic amines) is 1. The van der Waals surface area contributed by atoms with Gasteiger partial charge in [-0.2, -0.15) is 0 Å². The average Bonchev–Trinajstić information content (AvgIpc) is 2.90. The van der Waals surface area contributed by atoms with E-state index in [0.29, 0.717) is 30.0 Å². The van der Waals surface area contributed by atoms with Crippen LogP contribution in [0.3, 0.4) is 0 Å². The third-order valence-corrected chi connectivity index (χ3v) is 6.83. The van der Waals surface area contributed by atoms with Crippen LogP contribution in [0.25, 0.3) is 16.7 Å². The summed E-state index contributed by atoms with van der Waals surface area (Å²) in [7, 11) is 4.27. The van der Waals surface area contributed by atoms with Crippen molar-refractivity contribution in [1.82, 2.24) is 4.90 Å². The molecule has 36 heavy (non-hydrogen) atoms. The first-order valence-corrected chi connectivity index (χ1v) is 12.0. The number of hydrogen-bond donors (Lipinski definition) is 0.